The molecule has 0 saturated carbocycles. The average molecular weight is 227 g/mol. The Labute approximate surface area is 95.2 Å². The number of alkyl halides is 1. The highest BCUT2D eigenvalue weighted by atomic mass is 35.5. The van der Waals surface area contributed by atoms with Gasteiger partial charge in [0, 0.05) is 0 Å². The Hall–Kier alpha value is -1.02. The molecular formula is C12H15ClO2. The fraction of sp³-hybridized carbons (Fsp3) is 0.417. The van der Waals surface area contributed by atoms with Crippen LogP contribution in [0.4, 0.5) is 0 Å². The molecule has 1 aromatic rings. The first-order valence-corrected chi connectivity index (χ1v) is 5.55. The fourth-order valence-electron chi connectivity index (χ4n) is 1.18. The molecule has 1 aromatic carbocycles. The van der Waals surface area contributed by atoms with E-state index in [0.717, 1.165) is 6.42 Å². The van der Waals surface area contributed by atoms with Crippen molar-refractivity contribution in [2.45, 2.75) is 26.4 Å². The number of carbonyl (C=O) groups is 1. The quantitative estimate of drug-likeness (QED) is 0.722. The van der Waals surface area contributed by atoms with E-state index in [2.05, 4.69) is 6.92 Å². The van der Waals surface area contributed by atoms with Gasteiger partial charge in [0.1, 0.15) is 5.75 Å². The molecule has 0 N–H and O–H groups in total. The Morgan fingerprint density at radius 2 is 2.00 bits per heavy atom. The molecule has 1 rings (SSSR count). The second-order valence-electron chi connectivity index (χ2n) is 3.36. The highest BCUT2D eigenvalue weighted by Crippen LogP contribution is 2.14. The summed E-state index contributed by atoms with van der Waals surface area (Å²) in [4.78, 5) is 11.2. The third-order valence-corrected chi connectivity index (χ3v) is 2.49. The Morgan fingerprint density at radius 1 is 1.40 bits per heavy atom. The summed E-state index contributed by atoms with van der Waals surface area (Å²) in [6.45, 7) is 3.80. The number of Topliss-reactive ketones (excluding diaryl/α,β-unsaturated/α-hetero) is 1. The van der Waals surface area contributed by atoms with Gasteiger partial charge in [0.2, 0.25) is 0 Å². The first kappa shape index (κ1) is 12.1. The first-order chi connectivity index (χ1) is 7.17. The van der Waals surface area contributed by atoms with Gasteiger partial charge < -0.3 is 4.74 Å². The Morgan fingerprint density at radius 3 is 2.47 bits per heavy atom. The SMILES string of the molecule is CCc1ccc(OC(C)C(=O)CCl)cc1. The summed E-state index contributed by atoms with van der Waals surface area (Å²) < 4.78 is 5.43. The molecule has 3 heteroatoms. The predicted molar refractivity (Wildman–Crippen MR) is 61.6 cm³/mol. The number of aryl methyl sites for hydroxylation is 1. The van der Waals surface area contributed by atoms with Crippen molar-refractivity contribution in [3.8, 4) is 5.75 Å². The smallest absolute Gasteiger partial charge is 0.187 e. The molecule has 0 aliphatic carbocycles. The van der Waals surface area contributed by atoms with Crippen LogP contribution in [0.2, 0.25) is 0 Å². The maximum atomic E-state index is 11.2. The number of carbonyl (C=O) groups excluding carboxylic acids is 1. The van der Waals surface area contributed by atoms with Crippen LogP contribution in [-0.4, -0.2) is 17.8 Å². The van der Waals surface area contributed by atoms with Crippen molar-refractivity contribution in [2.75, 3.05) is 5.88 Å². The van der Waals surface area contributed by atoms with Crippen LogP contribution in [0.15, 0.2) is 24.3 Å². The van der Waals surface area contributed by atoms with Gasteiger partial charge in [0.25, 0.3) is 0 Å². The van der Waals surface area contributed by atoms with Crippen molar-refractivity contribution in [1.29, 1.82) is 0 Å². The summed E-state index contributed by atoms with van der Waals surface area (Å²) in [6, 6.07) is 7.73. The molecule has 0 spiro atoms. The number of ketones is 1. The zero-order chi connectivity index (χ0) is 11.3. The van der Waals surface area contributed by atoms with Gasteiger partial charge in [0.05, 0.1) is 5.88 Å². The molecule has 0 aliphatic rings. The monoisotopic (exact) mass is 226 g/mol. The number of hydrogen-bond acceptors (Lipinski definition) is 2. The van der Waals surface area contributed by atoms with E-state index in [-0.39, 0.29) is 11.7 Å². The van der Waals surface area contributed by atoms with Crippen LogP contribution in [0.1, 0.15) is 19.4 Å². The summed E-state index contributed by atoms with van der Waals surface area (Å²) in [5, 5.41) is 0. The Bertz CT molecular complexity index is 319. The summed E-state index contributed by atoms with van der Waals surface area (Å²) in [6.07, 6.45) is 0.520. The summed E-state index contributed by atoms with van der Waals surface area (Å²) in [7, 11) is 0. The lowest BCUT2D eigenvalue weighted by Crippen LogP contribution is -2.24. The van der Waals surface area contributed by atoms with Gasteiger partial charge in [-0.3, -0.25) is 4.79 Å². The largest absolute Gasteiger partial charge is 0.483 e. The summed E-state index contributed by atoms with van der Waals surface area (Å²) in [5.74, 6) is 0.600. The Balaban J connectivity index is 2.60. The van der Waals surface area contributed by atoms with Crippen LogP contribution >= 0.6 is 11.6 Å². The fourth-order valence-corrected chi connectivity index (χ4v) is 1.40. The maximum absolute atomic E-state index is 11.2. The molecule has 0 heterocycles. The molecule has 0 amide bonds. The van der Waals surface area contributed by atoms with Gasteiger partial charge in [0.15, 0.2) is 11.9 Å². The third-order valence-electron chi connectivity index (χ3n) is 2.23. The zero-order valence-electron chi connectivity index (χ0n) is 9.00. The lowest BCUT2D eigenvalue weighted by Gasteiger charge is -2.12. The molecular weight excluding hydrogens is 212 g/mol. The minimum Gasteiger partial charge on any atom is -0.483 e. The highest BCUT2D eigenvalue weighted by molar-refractivity contribution is 6.28. The normalized spacial score (nSPS) is 12.2. The van der Waals surface area contributed by atoms with Crippen molar-refractivity contribution < 1.29 is 9.53 Å². The van der Waals surface area contributed by atoms with Gasteiger partial charge in [-0.05, 0) is 31.0 Å². The van der Waals surface area contributed by atoms with E-state index in [4.69, 9.17) is 16.3 Å². The van der Waals surface area contributed by atoms with E-state index in [1.807, 2.05) is 24.3 Å². The first-order valence-electron chi connectivity index (χ1n) is 5.01. The van der Waals surface area contributed by atoms with Crippen LogP contribution in [0.25, 0.3) is 0 Å². The molecule has 2 nitrogen and oxygen atoms in total. The molecule has 0 aliphatic heterocycles. The van der Waals surface area contributed by atoms with Crippen molar-refractivity contribution >= 4 is 17.4 Å². The lowest BCUT2D eigenvalue weighted by atomic mass is 10.2. The number of halogens is 1. The van der Waals surface area contributed by atoms with E-state index >= 15 is 0 Å². The average Bonchev–Trinajstić information content (AvgIpc) is 2.29. The minimum atomic E-state index is -0.477. The molecule has 82 valence electrons. The topological polar surface area (TPSA) is 26.3 Å². The lowest BCUT2D eigenvalue weighted by molar-refractivity contribution is -0.122. The number of hydrogen-bond donors (Lipinski definition) is 0. The Kier molecular flexibility index (Phi) is 4.63. The third kappa shape index (κ3) is 3.56. The van der Waals surface area contributed by atoms with E-state index in [9.17, 15) is 4.79 Å². The van der Waals surface area contributed by atoms with Crippen LogP contribution in [0.5, 0.6) is 5.75 Å². The molecule has 15 heavy (non-hydrogen) atoms. The van der Waals surface area contributed by atoms with Crippen LogP contribution in [-0.2, 0) is 11.2 Å². The molecule has 1 unspecified atom stereocenters. The molecule has 0 fully saturated rings. The predicted octanol–water partition coefficient (Wildman–Crippen LogP) is 2.82. The molecule has 1 atom stereocenters. The second kappa shape index (κ2) is 5.76. The highest BCUT2D eigenvalue weighted by Gasteiger charge is 2.12. The van der Waals surface area contributed by atoms with E-state index in [0.29, 0.717) is 5.75 Å². The second-order valence-corrected chi connectivity index (χ2v) is 3.62. The molecule has 0 radical (unpaired) electrons. The van der Waals surface area contributed by atoms with Gasteiger partial charge in [-0.1, -0.05) is 19.1 Å². The van der Waals surface area contributed by atoms with Gasteiger partial charge >= 0.3 is 0 Å². The summed E-state index contributed by atoms with van der Waals surface area (Å²) >= 11 is 5.43. The molecule has 0 aromatic heterocycles. The van der Waals surface area contributed by atoms with Crippen molar-refractivity contribution in [3.05, 3.63) is 29.8 Å². The number of rotatable bonds is 5. The number of ether oxygens (including phenoxy) is 1. The van der Waals surface area contributed by atoms with Crippen molar-refractivity contribution in [1.82, 2.24) is 0 Å². The van der Waals surface area contributed by atoms with E-state index in [1.54, 1.807) is 6.92 Å². The molecule has 0 bridgehead atoms. The zero-order valence-corrected chi connectivity index (χ0v) is 9.75. The van der Waals surface area contributed by atoms with Crippen LogP contribution < -0.4 is 4.74 Å². The van der Waals surface area contributed by atoms with E-state index < -0.39 is 6.10 Å². The molecule has 0 saturated heterocycles. The van der Waals surface area contributed by atoms with Gasteiger partial charge in [-0.15, -0.1) is 11.6 Å². The number of benzene rings is 1. The minimum absolute atomic E-state index is 0.00574. The summed E-state index contributed by atoms with van der Waals surface area (Å²) in [5.41, 5.74) is 1.25. The van der Waals surface area contributed by atoms with Gasteiger partial charge in [-0.2, -0.15) is 0 Å². The standard InChI is InChI=1S/C12H15ClO2/c1-3-10-4-6-11(7-5-10)15-9(2)12(14)8-13/h4-7,9H,3,8H2,1-2H3. The van der Waals surface area contributed by atoms with Crippen molar-refractivity contribution in [3.63, 3.8) is 0 Å². The maximum Gasteiger partial charge on any atom is 0.187 e. The van der Waals surface area contributed by atoms with E-state index in [1.165, 1.54) is 5.56 Å². The van der Waals surface area contributed by atoms with Crippen LogP contribution in [0.3, 0.4) is 0 Å². The van der Waals surface area contributed by atoms with Crippen molar-refractivity contribution in [2.24, 2.45) is 0 Å². The van der Waals surface area contributed by atoms with Gasteiger partial charge in [-0.25, -0.2) is 0 Å². The van der Waals surface area contributed by atoms with Crippen LogP contribution in [0, 0.1) is 0 Å².